The maximum Gasteiger partial charge on any atom is 0.181 e. The molecule has 2 aromatic rings. The van der Waals surface area contributed by atoms with Crippen molar-refractivity contribution in [2.75, 3.05) is 7.11 Å². The minimum absolute atomic E-state index is 0.0513. The van der Waals surface area contributed by atoms with Gasteiger partial charge in [0.25, 0.3) is 0 Å². The van der Waals surface area contributed by atoms with Crippen LogP contribution >= 0.6 is 11.3 Å². The van der Waals surface area contributed by atoms with E-state index in [4.69, 9.17) is 9.15 Å². The van der Waals surface area contributed by atoms with Crippen LogP contribution in [0.5, 0.6) is 5.75 Å². The molecule has 5 heteroatoms. The number of hydrogen-bond acceptors (Lipinski definition) is 5. The van der Waals surface area contributed by atoms with E-state index in [0.717, 1.165) is 22.1 Å². The molecular weight excluding hydrogens is 248 g/mol. The van der Waals surface area contributed by atoms with Crippen molar-refractivity contribution in [3.8, 4) is 16.4 Å². The van der Waals surface area contributed by atoms with Gasteiger partial charge in [-0.05, 0) is 32.2 Å². The lowest BCUT2D eigenvalue weighted by Crippen LogP contribution is -2.35. The fourth-order valence-corrected chi connectivity index (χ4v) is 2.42. The average Bonchev–Trinajstić information content (AvgIpc) is 2.93. The van der Waals surface area contributed by atoms with E-state index in [1.165, 1.54) is 6.39 Å². The Morgan fingerprint density at radius 1 is 1.44 bits per heavy atom. The van der Waals surface area contributed by atoms with E-state index < -0.39 is 0 Å². The van der Waals surface area contributed by atoms with Crippen molar-refractivity contribution in [3.05, 3.63) is 23.5 Å². The van der Waals surface area contributed by atoms with Crippen molar-refractivity contribution in [1.82, 2.24) is 10.3 Å². The zero-order chi connectivity index (χ0) is 13.2. The van der Waals surface area contributed by atoms with Crippen LogP contribution in [0.25, 0.3) is 10.6 Å². The van der Waals surface area contributed by atoms with E-state index >= 15 is 0 Å². The van der Waals surface area contributed by atoms with Crippen LogP contribution in [0.2, 0.25) is 0 Å². The van der Waals surface area contributed by atoms with Gasteiger partial charge in [-0.1, -0.05) is 0 Å². The Labute approximate surface area is 111 Å². The molecule has 0 spiro atoms. The van der Waals surface area contributed by atoms with Gasteiger partial charge in [0.2, 0.25) is 0 Å². The van der Waals surface area contributed by atoms with E-state index in [0.29, 0.717) is 6.54 Å². The SMILES string of the molecule is COc1ccsc1-c1ocnc1CNC(C)(C)C. The molecule has 0 aliphatic heterocycles. The highest BCUT2D eigenvalue weighted by Gasteiger charge is 2.18. The van der Waals surface area contributed by atoms with Crippen molar-refractivity contribution in [3.63, 3.8) is 0 Å². The second-order valence-corrected chi connectivity index (χ2v) is 5.97. The third-order valence-corrected chi connectivity index (χ3v) is 3.38. The fourth-order valence-electron chi connectivity index (χ4n) is 1.55. The van der Waals surface area contributed by atoms with E-state index in [9.17, 15) is 0 Å². The highest BCUT2D eigenvalue weighted by atomic mass is 32.1. The molecule has 0 radical (unpaired) electrons. The lowest BCUT2D eigenvalue weighted by Gasteiger charge is -2.19. The molecule has 0 saturated heterocycles. The molecule has 0 atom stereocenters. The van der Waals surface area contributed by atoms with E-state index in [1.807, 2.05) is 11.4 Å². The predicted octanol–water partition coefficient (Wildman–Crippen LogP) is 3.30. The zero-order valence-electron chi connectivity index (χ0n) is 11.1. The summed E-state index contributed by atoms with van der Waals surface area (Å²) in [6, 6.07) is 1.93. The van der Waals surface area contributed by atoms with Crippen LogP contribution in [-0.4, -0.2) is 17.6 Å². The van der Waals surface area contributed by atoms with Crippen molar-refractivity contribution in [1.29, 1.82) is 0 Å². The summed E-state index contributed by atoms with van der Waals surface area (Å²) in [6.45, 7) is 7.05. The van der Waals surface area contributed by atoms with Gasteiger partial charge in [0.15, 0.2) is 12.2 Å². The Hall–Kier alpha value is -1.33. The second kappa shape index (κ2) is 5.12. The third kappa shape index (κ3) is 2.91. The van der Waals surface area contributed by atoms with Crippen LogP contribution in [0.15, 0.2) is 22.3 Å². The Balaban J connectivity index is 2.23. The molecule has 0 aliphatic carbocycles. The molecule has 2 heterocycles. The van der Waals surface area contributed by atoms with Gasteiger partial charge in [0, 0.05) is 12.1 Å². The summed E-state index contributed by atoms with van der Waals surface area (Å²) in [5.74, 6) is 1.62. The minimum atomic E-state index is 0.0513. The zero-order valence-corrected chi connectivity index (χ0v) is 11.9. The highest BCUT2D eigenvalue weighted by Crippen LogP contribution is 2.37. The Morgan fingerprint density at radius 3 is 2.89 bits per heavy atom. The molecule has 0 aliphatic rings. The molecule has 2 aromatic heterocycles. The van der Waals surface area contributed by atoms with Crippen LogP contribution in [0.3, 0.4) is 0 Å². The standard InChI is InChI=1S/C13H18N2O2S/c1-13(2,3)15-7-9-11(17-8-14-9)12-10(16-4)5-6-18-12/h5-6,8,15H,7H2,1-4H3. The molecule has 0 amide bonds. The van der Waals surface area contributed by atoms with Gasteiger partial charge >= 0.3 is 0 Å². The normalized spacial score (nSPS) is 11.8. The summed E-state index contributed by atoms with van der Waals surface area (Å²) >= 11 is 1.59. The number of nitrogens with one attached hydrogen (secondary N) is 1. The average molecular weight is 266 g/mol. The number of oxazole rings is 1. The largest absolute Gasteiger partial charge is 0.495 e. The molecule has 18 heavy (non-hydrogen) atoms. The quantitative estimate of drug-likeness (QED) is 0.922. The first kappa shape index (κ1) is 13.1. The first-order valence-corrected chi connectivity index (χ1v) is 6.68. The first-order chi connectivity index (χ1) is 8.51. The van der Waals surface area contributed by atoms with E-state index in [2.05, 4.69) is 31.1 Å². The monoisotopic (exact) mass is 266 g/mol. The number of thiophene rings is 1. The van der Waals surface area contributed by atoms with Gasteiger partial charge in [0.1, 0.15) is 16.3 Å². The molecule has 2 rings (SSSR count). The molecular formula is C13H18N2O2S. The summed E-state index contributed by atoms with van der Waals surface area (Å²) in [4.78, 5) is 5.26. The lowest BCUT2D eigenvalue weighted by molar-refractivity contribution is 0.415. The van der Waals surface area contributed by atoms with Gasteiger partial charge in [-0.25, -0.2) is 4.98 Å². The van der Waals surface area contributed by atoms with Gasteiger partial charge < -0.3 is 14.5 Å². The van der Waals surface area contributed by atoms with Crippen LogP contribution in [0.1, 0.15) is 26.5 Å². The fraction of sp³-hybridized carbons (Fsp3) is 0.462. The molecule has 1 N–H and O–H groups in total. The Kier molecular flexibility index (Phi) is 3.73. The van der Waals surface area contributed by atoms with Crippen LogP contribution < -0.4 is 10.1 Å². The van der Waals surface area contributed by atoms with E-state index in [1.54, 1.807) is 18.4 Å². The van der Waals surface area contributed by atoms with Crippen LogP contribution in [0, 0.1) is 0 Å². The van der Waals surface area contributed by atoms with Crippen LogP contribution in [0.4, 0.5) is 0 Å². The number of hydrogen-bond donors (Lipinski definition) is 1. The number of aromatic nitrogens is 1. The number of rotatable bonds is 4. The number of methoxy groups -OCH3 is 1. The molecule has 0 unspecified atom stereocenters. The maximum absolute atomic E-state index is 5.50. The summed E-state index contributed by atoms with van der Waals surface area (Å²) in [6.07, 6.45) is 1.48. The van der Waals surface area contributed by atoms with E-state index in [-0.39, 0.29) is 5.54 Å². The minimum Gasteiger partial charge on any atom is -0.495 e. The van der Waals surface area contributed by atoms with Crippen molar-refractivity contribution >= 4 is 11.3 Å². The maximum atomic E-state index is 5.50. The molecule has 0 aromatic carbocycles. The topological polar surface area (TPSA) is 47.3 Å². The molecule has 0 saturated carbocycles. The van der Waals surface area contributed by atoms with Crippen molar-refractivity contribution in [2.24, 2.45) is 0 Å². The molecule has 0 bridgehead atoms. The Bertz CT molecular complexity index is 511. The first-order valence-electron chi connectivity index (χ1n) is 5.80. The van der Waals surface area contributed by atoms with Gasteiger partial charge in [-0.3, -0.25) is 0 Å². The van der Waals surface area contributed by atoms with Crippen LogP contribution in [-0.2, 0) is 6.54 Å². The molecule has 0 fully saturated rings. The van der Waals surface area contributed by atoms with Gasteiger partial charge in [-0.15, -0.1) is 11.3 Å². The molecule has 98 valence electrons. The lowest BCUT2D eigenvalue weighted by atomic mass is 10.1. The number of ether oxygens (including phenoxy) is 1. The Morgan fingerprint density at radius 2 is 2.22 bits per heavy atom. The predicted molar refractivity (Wildman–Crippen MR) is 73.0 cm³/mol. The summed E-state index contributed by atoms with van der Waals surface area (Å²) in [5.41, 5.74) is 0.959. The summed E-state index contributed by atoms with van der Waals surface area (Å²) in [5, 5.41) is 5.39. The second-order valence-electron chi connectivity index (χ2n) is 5.05. The van der Waals surface area contributed by atoms with Crippen molar-refractivity contribution in [2.45, 2.75) is 32.9 Å². The smallest absolute Gasteiger partial charge is 0.181 e. The van der Waals surface area contributed by atoms with Crippen molar-refractivity contribution < 1.29 is 9.15 Å². The summed E-state index contributed by atoms with van der Waals surface area (Å²) < 4.78 is 10.8. The van der Waals surface area contributed by atoms with Gasteiger partial charge in [0.05, 0.1) is 7.11 Å². The summed E-state index contributed by atoms with van der Waals surface area (Å²) in [7, 11) is 1.66. The third-order valence-electron chi connectivity index (χ3n) is 2.48. The highest BCUT2D eigenvalue weighted by molar-refractivity contribution is 7.14. The molecule has 4 nitrogen and oxygen atoms in total. The number of nitrogens with zero attached hydrogens (tertiary/aromatic N) is 1. The van der Waals surface area contributed by atoms with Gasteiger partial charge in [-0.2, -0.15) is 0 Å².